The van der Waals surface area contributed by atoms with Crippen LogP contribution < -0.4 is 15.3 Å². The van der Waals surface area contributed by atoms with Crippen LogP contribution >= 0.6 is 11.6 Å². The fraction of sp³-hybridized carbons (Fsp3) is 0.148. The highest BCUT2D eigenvalue weighted by atomic mass is 35.5. The van der Waals surface area contributed by atoms with Gasteiger partial charge in [-0.05, 0) is 35.9 Å². The van der Waals surface area contributed by atoms with E-state index in [0.717, 1.165) is 5.56 Å². The van der Waals surface area contributed by atoms with Crippen molar-refractivity contribution in [2.45, 2.75) is 18.6 Å². The van der Waals surface area contributed by atoms with Gasteiger partial charge in [-0.2, -0.15) is 0 Å². The topological polar surface area (TPSA) is 97.0 Å². The van der Waals surface area contributed by atoms with Gasteiger partial charge in [-0.15, -0.1) is 0 Å². The number of hydrogen-bond donors (Lipinski definition) is 1. The number of amides is 1. The third-order valence-corrected chi connectivity index (χ3v) is 6.41. The van der Waals surface area contributed by atoms with E-state index in [1.165, 1.54) is 18.1 Å². The van der Waals surface area contributed by atoms with Crippen molar-refractivity contribution in [3.05, 3.63) is 105 Å². The van der Waals surface area contributed by atoms with Crippen LogP contribution in [0.2, 0.25) is 5.02 Å². The van der Waals surface area contributed by atoms with Gasteiger partial charge in [0, 0.05) is 16.0 Å². The van der Waals surface area contributed by atoms with E-state index in [1.54, 1.807) is 66.7 Å². The maximum atomic E-state index is 13.5. The summed E-state index contributed by atoms with van der Waals surface area (Å²) in [4.78, 5) is 40.8. The molecule has 0 bridgehead atoms. The zero-order valence-electron chi connectivity index (χ0n) is 18.7. The van der Waals surface area contributed by atoms with Crippen molar-refractivity contribution in [1.29, 1.82) is 0 Å². The average Bonchev–Trinajstić information content (AvgIpc) is 3.06. The van der Waals surface area contributed by atoms with Crippen LogP contribution in [0.5, 0.6) is 5.75 Å². The van der Waals surface area contributed by atoms with E-state index in [1.807, 2.05) is 0 Å². The van der Waals surface area contributed by atoms with Crippen LogP contribution in [-0.4, -0.2) is 23.9 Å². The summed E-state index contributed by atoms with van der Waals surface area (Å²) in [6.45, 7) is 0.182. The first-order valence-corrected chi connectivity index (χ1v) is 11.2. The number of Topliss-reactive ketones (excluding diaryl/α,β-unsaturated/α-hetero) is 1. The molecule has 1 aliphatic rings. The van der Waals surface area contributed by atoms with Gasteiger partial charge in [-0.25, -0.2) is 4.79 Å². The lowest BCUT2D eigenvalue weighted by Gasteiger charge is -2.22. The Morgan fingerprint density at radius 3 is 2.54 bits per heavy atom. The van der Waals surface area contributed by atoms with Crippen LogP contribution in [0.1, 0.15) is 27.9 Å². The van der Waals surface area contributed by atoms with Gasteiger partial charge in [-0.1, -0.05) is 54.1 Å². The Kier molecular flexibility index (Phi) is 5.67. The van der Waals surface area contributed by atoms with Crippen LogP contribution in [0.3, 0.4) is 0 Å². The Morgan fingerprint density at radius 2 is 1.80 bits per heavy atom. The first kappa shape index (κ1) is 22.8. The lowest BCUT2D eigenvalue weighted by Crippen LogP contribution is -2.42. The molecule has 1 atom stereocenters. The Balaban J connectivity index is 1.50. The molecule has 0 saturated carbocycles. The molecule has 1 aliphatic heterocycles. The molecule has 7 nitrogen and oxygen atoms in total. The van der Waals surface area contributed by atoms with Crippen LogP contribution in [-0.2, 0) is 16.9 Å². The van der Waals surface area contributed by atoms with E-state index < -0.39 is 29.3 Å². The number of methoxy groups -OCH3 is 1. The first-order valence-electron chi connectivity index (χ1n) is 10.8. The molecule has 0 spiro atoms. The SMILES string of the molecule is COc1cccc2cc(C(=O)CC3(O)C(=O)N(Cc4ccc(Cl)cc4)c4ccccc43)c(=O)oc12. The van der Waals surface area contributed by atoms with Gasteiger partial charge in [0.05, 0.1) is 25.8 Å². The highest BCUT2D eigenvalue weighted by molar-refractivity contribution is 6.30. The minimum atomic E-state index is -2.13. The lowest BCUT2D eigenvalue weighted by atomic mass is 9.88. The van der Waals surface area contributed by atoms with Crippen LogP contribution in [0.25, 0.3) is 11.0 Å². The summed E-state index contributed by atoms with van der Waals surface area (Å²) in [5.74, 6) is -0.994. The second-order valence-electron chi connectivity index (χ2n) is 8.32. The summed E-state index contributed by atoms with van der Waals surface area (Å²) in [6, 6.07) is 20.2. The fourth-order valence-corrected chi connectivity index (χ4v) is 4.53. The number of carbonyl (C=O) groups is 2. The number of halogens is 1. The number of rotatable bonds is 6. The predicted molar refractivity (Wildman–Crippen MR) is 131 cm³/mol. The number of ether oxygens (including phenoxy) is 1. The Morgan fingerprint density at radius 1 is 1.06 bits per heavy atom. The molecule has 1 amide bonds. The number of carbonyl (C=O) groups excluding carboxylic acids is 2. The summed E-state index contributed by atoms with van der Waals surface area (Å²) < 4.78 is 10.6. The van der Waals surface area contributed by atoms with E-state index in [9.17, 15) is 19.5 Å². The summed E-state index contributed by atoms with van der Waals surface area (Å²) in [5, 5.41) is 12.6. The molecule has 4 aromatic rings. The lowest BCUT2D eigenvalue weighted by molar-refractivity contribution is -0.136. The number of hydrogen-bond acceptors (Lipinski definition) is 6. The average molecular weight is 490 g/mol. The number of fused-ring (bicyclic) bond motifs is 2. The first-order chi connectivity index (χ1) is 16.8. The van der Waals surface area contributed by atoms with Crippen molar-refractivity contribution in [2.75, 3.05) is 12.0 Å². The summed E-state index contributed by atoms with van der Waals surface area (Å²) >= 11 is 5.97. The van der Waals surface area contributed by atoms with Gasteiger partial charge in [0.1, 0.15) is 5.56 Å². The van der Waals surface area contributed by atoms with E-state index >= 15 is 0 Å². The van der Waals surface area contributed by atoms with Gasteiger partial charge in [0.15, 0.2) is 22.7 Å². The molecule has 0 fully saturated rings. The third-order valence-electron chi connectivity index (χ3n) is 6.15. The van der Waals surface area contributed by atoms with Crippen LogP contribution in [0, 0.1) is 0 Å². The smallest absolute Gasteiger partial charge is 0.347 e. The second kappa shape index (κ2) is 8.69. The summed E-state index contributed by atoms with van der Waals surface area (Å²) in [5.41, 5.74) is -1.43. The van der Waals surface area contributed by atoms with Crippen molar-refractivity contribution in [3.8, 4) is 5.75 Å². The quantitative estimate of drug-likeness (QED) is 0.317. The number of para-hydroxylation sites is 2. The minimum Gasteiger partial charge on any atom is -0.493 e. The summed E-state index contributed by atoms with van der Waals surface area (Å²) in [6.07, 6.45) is -0.611. The normalized spacial score (nSPS) is 17.0. The van der Waals surface area contributed by atoms with Gasteiger partial charge >= 0.3 is 5.63 Å². The number of benzene rings is 3. The monoisotopic (exact) mass is 489 g/mol. The largest absolute Gasteiger partial charge is 0.493 e. The van der Waals surface area contributed by atoms with Gasteiger partial charge in [-0.3, -0.25) is 9.59 Å². The molecule has 3 aromatic carbocycles. The highest BCUT2D eigenvalue weighted by Gasteiger charge is 2.51. The molecule has 5 rings (SSSR count). The van der Waals surface area contributed by atoms with Gasteiger partial charge in [0.25, 0.3) is 5.91 Å². The van der Waals surface area contributed by atoms with Crippen LogP contribution in [0.4, 0.5) is 5.69 Å². The molecule has 1 unspecified atom stereocenters. The third kappa shape index (κ3) is 3.88. The molecular formula is C27H20ClNO6. The van der Waals surface area contributed by atoms with Gasteiger partial charge in [0.2, 0.25) is 0 Å². The molecule has 1 aromatic heterocycles. The molecule has 0 aliphatic carbocycles. The van der Waals surface area contributed by atoms with Gasteiger partial charge < -0.3 is 19.2 Å². The highest BCUT2D eigenvalue weighted by Crippen LogP contribution is 2.43. The number of ketones is 1. The predicted octanol–water partition coefficient (Wildman–Crippen LogP) is 4.46. The Bertz CT molecular complexity index is 1530. The van der Waals surface area contributed by atoms with Crippen molar-refractivity contribution in [3.63, 3.8) is 0 Å². The maximum Gasteiger partial charge on any atom is 0.347 e. The molecule has 8 heteroatoms. The molecule has 176 valence electrons. The zero-order chi connectivity index (χ0) is 24.7. The van der Waals surface area contributed by atoms with Crippen LogP contribution in [0.15, 0.2) is 82.0 Å². The van der Waals surface area contributed by atoms with Crippen molar-refractivity contribution < 1.29 is 23.8 Å². The van der Waals surface area contributed by atoms with E-state index in [0.29, 0.717) is 27.4 Å². The minimum absolute atomic E-state index is 0.182. The van der Waals surface area contributed by atoms with E-state index in [4.69, 9.17) is 20.8 Å². The molecule has 0 radical (unpaired) electrons. The fourth-order valence-electron chi connectivity index (χ4n) is 4.41. The number of nitrogens with zero attached hydrogens (tertiary/aromatic N) is 1. The number of aliphatic hydroxyl groups is 1. The molecular weight excluding hydrogens is 470 g/mol. The van der Waals surface area contributed by atoms with Crippen molar-refractivity contribution in [2.24, 2.45) is 0 Å². The summed E-state index contributed by atoms with van der Waals surface area (Å²) in [7, 11) is 1.45. The molecule has 35 heavy (non-hydrogen) atoms. The Hall–Kier alpha value is -3.94. The standard InChI is InChI=1S/C27H20ClNO6/c1-34-23-8-4-5-17-13-19(25(31)35-24(17)23)22(30)14-27(33)20-6-2-3-7-21(20)29(26(27)32)15-16-9-11-18(28)12-10-16/h2-13,33H,14-15H2,1H3. The van der Waals surface area contributed by atoms with Crippen molar-refractivity contribution in [1.82, 2.24) is 0 Å². The van der Waals surface area contributed by atoms with Crippen molar-refractivity contribution >= 4 is 39.9 Å². The molecule has 1 N–H and O–H groups in total. The van der Waals surface area contributed by atoms with E-state index in [2.05, 4.69) is 0 Å². The number of anilines is 1. The Labute approximate surface area is 205 Å². The molecule has 0 saturated heterocycles. The maximum absolute atomic E-state index is 13.5. The molecule has 2 heterocycles. The second-order valence-corrected chi connectivity index (χ2v) is 8.76. The van der Waals surface area contributed by atoms with E-state index in [-0.39, 0.29) is 17.7 Å². The zero-order valence-corrected chi connectivity index (χ0v) is 19.4.